The molecule has 0 aliphatic rings. The van der Waals surface area contributed by atoms with Crippen LogP contribution >= 0.6 is 24.0 Å². The predicted octanol–water partition coefficient (Wildman–Crippen LogP) is 2.35. The molecule has 0 spiro atoms. The normalized spacial score (nSPS) is 11.3. The van der Waals surface area contributed by atoms with Crippen LogP contribution < -0.4 is 16.2 Å². The van der Waals surface area contributed by atoms with Crippen molar-refractivity contribution in [1.29, 1.82) is 0 Å². The van der Waals surface area contributed by atoms with E-state index in [1.54, 1.807) is 12.1 Å². The molecule has 0 fully saturated rings. The molecule has 3 aromatic heterocycles. The van der Waals surface area contributed by atoms with Crippen LogP contribution in [-0.2, 0) is 13.1 Å². The minimum atomic E-state index is 0. The van der Waals surface area contributed by atoms with Crippen LogP contribution in [-0.4, -0.2) is 38.2 Å². The highest BCUT2D eigenvalue weighted by atomic mass is 127. The molecule has 0 aromatic carbocycles. The monoisotopic (exact) mass is 509 g/mol. The third kappa shape index (κ3) is 6.28. The lowest BCUT2D eigenvalue weighted by molar-refractivity contribution is 0.575. The van der Waals surface area contributed by atoms with Gasteiger partial charge in [-0.05, 0) is 44.9 Å². The highest BCUT2D eigenvalue weighted by molar-refractivity contribution is 14.0. The standard InChI is InChI=1S/C20H27N7O.HI/c1-3-21-20(23-15-18-25-24-17-10-4-6-14-27(17)18)22-12-5-7-13-26-16(2)9-8-11-19(26)28;/h4,6,8-11,14H,3,5,7,12-13,15H2,1-2H3,(H2,21,22,23);1H. The summed E-state index contributed by atoms with van der Waals surface area (Å²) in [5, 5.41) is 14.9. The van der Waals surface area contributed by atoms with E-state index in [9.17, 15) is 4.79 Å². The van der Waals surface area contributed by atoms with Crippen LogP contribution in [0, 0.1) is 6.92 Å². The molecule has 0 aliphatic carbocycles. The van der Waals surface area contributed by atoms with E-state index in [1.165, 1.54) is 0 Å². The number of unbranched alkanes of at least 4 members (excludes halogenated alkanes) is 1. The molecule has 9 heteroatoms. The summed E-state index contributed by atoms with van der Waals surface area (Å²) < 4.78 is 3.75. The lowest BCUT2D eigenvalue weighted by Crippen LogP contribution is -2.37. The number of hydrogen-bond acceptors (Lipinski definition) is 4. The van der Waals surface area contributed by atoms with Gasteiger partial charge in [-0.3, -0.25) is 9.20 Å². The molecule has 0 atom stereocenters. The van der Waals surface area contributed by atoms with Crippen molar-refractivity contribution in [3.8, 4) is 0 Å². The van der Waals surface area contributed by atoms with Gasteiger partial charge in [-0.1, -0.05) is 12.1 Å². The number of aromatic nitrogens is 4. The van der Waals surface area contributed by atoms with Crippen molar-refractivity contribution in [3.05, 3.63) is 64.5 Å². The van der Waals surface area contributed by atoms with Crippen LogP contribution in [0.4, 0.5) is 0 Å². The van der Waals surface area contributed by atoms with Gasteiger partial charge in [0.25, 0.3) is 5.56 Å². The Bertz CT molecular complexity index is 996. The highest BCUT2D eigenvalue weighted by Gasteiger charge is 2.05. The second kappa shape index (κ2) is 11.5. The molecule has 0 saturated heterocycles. The number of hydrogen-bond donors (Lipinski definition) is 2. The Hall–Kier alpha value is -2.43. The Kier molecular flexibility index (Phi) is 9.10. The Morgan fingerprint density at radius 3 is 2.76 bits per heavy atom. The highest BCUT2D eigenvalue weighted by Crippen LogP contribution is 2.04. The third-order valence-electron chi connectivity index (χ3n) is 4.48. The van der Waals surface area contributed by atoms with E-state index < -0.39 is 0 Å². The molecule has 0 radical (unpaired) electrons. The summed E-state index contributed by atoms with van der Waals surface area (Å²) in [6.45, 7) is 6.74. The number of fused-ring (bicyclic) bond motifs is 1. The van der Waals surface area contributed by atoms with Gasteiger partial charge in [0.2, 0.25) is 0 Å². The number of aliphatic imine (C=N–C) groups is 1. The SMILES string of the molecule is CCNC(=NCc1nnc2ccccn12)NCCCCn1c(C)cccc1=O.I. The zero-order chi connectivity index (χ0) is 19.8. The van der Waals surface area contributed by atoms with E-state index >= 15 is 0 Å². The van der Waals surface area contributed by atoms with Gasteiger partial charge in [0, 0.05) is 37.6 Å². The first-order valence-corrected chi connectivity index (χ1v) is 9.66. The molecule has 156 valence electrons. The van der Waals surface area contributed by atoms with Crippen molar-refractivity contribution < 1.29 is 0 Å². The third-order valence-corrected chi connectivity index (χ3v) is 4.48. The number of halogens is 1. The fourth-order valence-electron chi connectivity index (χ4n) is 3.00. The largest absolute Gasteiger partial charge is 0.357 e. The summed E-state index contributed by atoms with van der Waals surface area (Å²) in [4.78, 5) is 16.5. The fraction of sp³-hybridized carbons (Fsp3) is 0.400. The number of pyridine rings is 2. The molecule has 8 nitrogen and oxygen atoms in total. The first-order valence-electron chi connectivity index (χ1n) is 9.66. The molecule has 3 rings (SSSR count). The van der Waals surface area contributed by atoms with Crippen molar-refractivity contribution in [1.82, 2.24) is 29.8 Å². The maximum Gasteiger partial charge on any atom is 0.250 e. The Morgan fingerprint density at radius 1 is 1.10 bits per heavy atom. The Morgan fingerprint density at radius 2 is 1.97 bits per heavy atom. The van der Waals surface area contributed by atoms with E-state index in [2.05, 4.69) is 25.8 Å². The molecule has 3 aromatic rings. The van der Waals surface area contributed by atoms with Gasteiger partial charge < -0.3 is 15.2 Å². The van der Waals surface area contributed by atoms with Gasteiger partial charge in [0.15, 0.2) is 17.4 Å². The van der Waals surface area contributed by atoms with Crippen molar-refractivity contribution in [2.75, 3.05) is 13.1 Å². The van der Waals surface area contributed by atoms with Crippen molar-refractivity contribution in [2.24, 2.45) is 4.99 Å². The molecule has 2 N–H and O–H groups in total. The molecule has 0 saturated carbocycles. The first-order chi connectivity index (χ1) is 13.7. The summed E-state index contributed by atoms with van der Waals surface area (Å²) >= 11 is 0. The van der Waals surface area contributed by atoms with Crippen LogP contribution in [0.25, 0.3) is 5.65 Å². The van der Waals surface area contributed by atoms with E-state index in [-0.39, 0.29) is 29.5 Å². The summed E-state index contributed by atoms with van der Waals surface area (Å²) in [6.07, 6.45) is 3.80. The summed E-state index contributed by atoms with van der Waals surface area (Å²) in [5.74, 6) is 1.55. The molecular formula is C20H28IN7O. The molecule has 3 heterocycles. The Balaban J connectivity index is 0.00000300. The van der Waals surface area contributed by atoms with Gasteiger partial charge in [-0.25, -0.2) is 4.99 Å². The fourth-order valence-corrected chi connectivity index (χ4v) is 3.00. The first kappa shape index (κ1) is 22.9. The quantitative estimate of drug-likeness (QED) is 0.211. The summed E-state index contributed by atoms with van der Waals surface area (Å²) in [7, 11) is 0. The maximum absolute atomic E-state index is 11.9. The molecule has 29 heavy (non-hydrogen) atoms. The number of nitrogens with one attached hydrogen (secondary N) is 2. The molecule has 0 amide bonds. The van der Waals surface area contributed by atoms with Crippen LogP contribution in [0.2, 0.25) is 0 Å². The average molecular weight is 509 g/mol. The molecular weight excluding hydrogens is 481 g/mol. The topological polar surface area (TPSA) is 88.6 Å². The van der Waals surface area contributed by atoms with Crippen molar-refractivity contribution in [2.45, 2.75) is 39.8 Å². The van der Waals surface area contributed by atoms with E-state index in [1.807, 2.05) is 53.3 Å². The van der Waals surface area contributed by atoms with Gasteiger partial charge in [-0.2, -0.15) is 0 Å². The van der Waals surface area contributed by atoms with Crippen molar-refractivity contribution >= 4 is 35.6 Å². The predicted molar refractivity (Wildman–Crippen MR) is 126 cm³/mol. The number of guanidine groups is 1. The van der Waals surface area contributed by atoms with Gasteiger partial charge in [-0.15, -0.1) is 34.2 Å². The van der Waals surface area contributed by atoms with Crippen LogP contribution in [0.15, 0.2) is 52.4 Å². The zero-order valence-corrected chi connectivity index (χ0v) is 19.2. The van der Waals surface area contributed by atoms with E-state index in [0.717, 1.165) is 55.6 Å². The minimum absolute atomic E-state index is 0. The second-order valence-corrected chi connectivity index (χ2v) is 6.53. The maximum atomic E-state index is 11.9. The average Bonchev–Trinajstić information content (AvgIpc) is 3.11. The van der Waals surface area contributed by atoms with Gasteiger partial charge >= 0.3 is 0 Å². The molecule has 0 aliphatic heterocycles. The lowest BCUT2D eigenvalue weighted by atomic mass is 10.3. The van der Waals surface area contributed by atoms with E-state index in [4.69, 9.17) is 0 Å². The zero-order valence-electron chi connectivity index (χ0n) is 16.8. The second-order valence-electron chi connectivity index (χ2n) is 6.53. The van der Waals surface area contributed by atoms with Crippen molar-refractivity contribution in [3.63, 3.8) is 0 Å². The van der Waals surface area contributed by atoms with Crippen LogP contribution in [0.5, 0.6) is 0 Å². The minimum Gasteiger partial charge on any atom is -0.357 e. The van der Waals surface area contributed by atoms with Crippen LogP contribution in [0.1, 0.15) is 31.3 Å². The Labute approximate surface area is 187 Å². The van der Waals surface area contributed by atoms with Crippen LogP contribution in [0.3, 0.4) is 0 Å². The number of aryl methyl sites for hydroxylation is 1. The van der Waals surface area contributed by atoms with Gasteiger partial charge in [0.1, 0.15) is 6.54 Å². The van der Waals surface area contributed by atoms with E-state index in [0.29, 0.717) is 6.54 Å². The number of nitrogens with zero attached hydrogens (tertiary/aromatic N) is 5. The smallest absolute Gasteiger partial charge is 0.250 e. The summed E-state index contributed by atoms with van der Waals surface area (Å²) in [5.41, 5.74) is 1.87. The number of rotatable bonds is 8. The molecule has 0 bridgehead atoms. The molecule has 0 unspecified atom stereocenters. The van der Waals surface area contributed by atoms with Gasteiger partial charge in [0.05, 0.1) is 0 Å². The lowest BCUT2D eigenvalue weighted by Gasteiger charge is -2.12. The summed E-state index contributed by atoms with van der Waals surface area (Å²) in [6, 6.07) is 11.2.